The molecule has 0 radical (unpaired) electrons. The van der Waals surface area contributed by atoms with E-state index in [1.54, 1.807) is 31.4 Å². The molecule has 2 aromatic rings. The average Bonchev–Trinajstić information content (AvgIpc) is 2.94. The van der Waals surface area contributed by atoms with Gasteiger partial charge >= 0.3 is 0 Å². The summed E-state index contributed by atoms with van der Waals surface area (Å²) in [6.45, 7) is 0. The monoisotopic (exact) mass is 414 g/mol. The van der Waals surface area contributed by atoms with Crippen molar-refractivity contribution in [2.75, 3.05) is 12.4 Å². The van der Waals surface area contributed by atoms with Crippen molar-refractivity contribution in [2.45, 2.75) is 43.0 Å². The normalized spacial score (nSPS) is 18.4. The van der Waals surface area contributed by atoms with Crippen LogP contribution in [0.4, 0.5) is 5.69 Å². The maximum atomic E-state index is 13.1. The first-order valence-electron chi connectivity index (χ1n) is 9.60. The predicted molar refractivity (Wildman–Crippen MR) is 108 cm³/mol. The number of nitrogens with zero attached hydrogens (tertiary/aromatic N) is 1. The van der Waals surface area contributed by atoms with Gasteiger partial charge in [-0.15, -0.1) is 0 Å². The fourth-order valence-electron chi connectivity index (χ4n) is 3.94. The number of rotatable bonds is 4. The SMILES string of the molecule is COc1ccc(NC(=O)c2ccc3c(c2)S(=O)(=O)N(C2CCCCC2)C3=O)cc1. The van der Waals surface area contributed by atoms with E-state index in [4.69, 9.17) is 4.74 Å². The third kappa shape index (κ3) is 3.48. The zero-order chi connectivity index (χ0) is 20.6. The molecule has 0 aromatic heterocycles. The van der Waals surface area contributed by atoms with Crippen molar-refractivity contribution in [1.29, 1.82) is 0 Å². The number of carbonyl (C=O) groups is 2. The zero-order valence-corrected chi connectivity index (χ0v) is 16.9. The lowest BCUT2D eigenvalue weighted by molar-refractivity contribution is 0.0809. The van der Waals surface area contributed by atoms with Crippen molar-refractivity contribution in [2.24, 2.45) is 0 Å². The van der Waals surface area contributed by atoms with Gasteiger partial charge in [0.05, 0.1) is 12.7 Å². The number of ether oxygens (including phenoxy) is 1. The number of nitrogens with one attached hydrogen (secondary N) is 1. The summed E-state index contributed by atoms with van der Waals surface area (Å²) in [5.74, 6) is -0.279. The maximum absolute atomic E-state index is 13.1. The third-order valence-corrected chi connectivity index (χ3v) is 7.34. The highest BCUT2D eigenvalue weighted by Gasteiger charge is 2.45. The molecule has 0 saturated heterocycles. The van der Waals surface area contributed by atoms with Crippen LogP contribution in [-0.2, 0) is 10.0 Å². The second kappa shape index (κ2) is 7.51. The fourth-order valence-corrected chi connectivity index (χ4v) is 5.78. The molecule has 0 unspecified atom stereocenters. The highest BCUT2D eigenvalue weighted by molar-refractivity contribution is 7.90. The second-order valence-corrected chi connectivity index (χ2v) is 9.07. The van der Waals surface area contributed by atoms with E-state index in [0.717, 1.165) is 23.6 Å². The molecule has 7 nitrogen and oxygen atoms in total. The molecule has 1 heterocycles. The van der Waals surface area contributed by atoms with Crippen molar-refractivity contribution < 1.29 is 22.7 Å². The molecule has 1 aliphatic carbocycles. The molecule has 0 bridgehead atoms. The third-order valence-electron chi connectivity index (χ3n) is 5.47. The average molecular weight is 414 g/mol. The van der Waals surface area contributed by atoms with Crippen LogP contribution in [0.1, 0.15) is 52.8 Å². The summed E-state index contributed by atoms with van der Waals surface area (Å²) in [6.07, 6.45) is 4.25. The molecular weight excluding hydrogens is 392 g/mol. The second-order valence-electron chi connectivity index (χ2n) is 7.29. The van der Waals surface area contributed by atoms with Gasteiger partial charge in [-0.2, -0.15) is 0 Å². The first kappa shape index (κ1) is 19.4. The highest BCUT2D eigenvalue weighted by atomic mass is 32.2. The molecular formula is C21H22N2O5S. The Balaban J connectivity index is 1.60. The van der Waals surface area contributed by atoms with E-state index in [1.807, 2.05) is 0 Å². The Bertz CT molecular complexity index is 1060. The van der Waals surface area contributed by atoms with E-state index < -0.39 is 21.8 Å². The molecule has 4 rings (SSSR count). The van der Waals surface area contributed by atoms with Gasteiger partial charge in [0.15, 0.2) is 0 Å². The number of fused-ring (bicyclic) bond motifs is 1. The van der Waals surface area contributed by atoms with Gasteiger partial charge < -0.3 is 10.1 Å². The summed E-state index contributed by atoms with van der Waals surface area (Å²) in [5, 5.41) is 2.73. The quantitative estimate of drug-likeness (QED) is 0.827. The standard InChI is InChI=1S/C21H22N2O5S/c1-28-17-10-8-15(9-11-17)22-20(24)14-7-12-18-19(13-14)29(26,27)23(21(18)25)16-5-3-2-4-6-16/h7-13,16H,2-6H2,1H3,(H,22,24). The lowest BCUT2D eigenvalue weighted by atomic mass is 9.95. The van der Waals surface area contributed by atoms with Crippen molar-refractivity contribution >= 4 is 27.5 Å². The van der Waals surface area contributed by atoms with Crippen LogP contribution >= 0.6 is 0 Å². The Morgan fingerprint density at radius 1 is 1.07 bits per heavy atom. The van der Waals surface area contributed by atoms with Crippen LogP contribution in [0, 0.1) is 0 Å². The van der Waals surface area contributed by atoms with Crippen LogP contribution in [0.3, 0.4) is 0 Å². The predicted octanol–water partition coefficient (Wildman–Crippen LogP) is 3.42. The molecule has 0 atom stereocenters. The topological polar surface area (TPSA) is 92.8 Å². The van der Waals surface area contributed by atoms with E-state index in [-0.39, 0.29) is 22.1 Å². The smallest absolute Gasteiger partial charge is 0.269 e. The van der Waals surface area contributed by atoms with Crippen LogP contribution in [-0.4, -0.2) is 37.7 Å². The minimum Gasteiger partial charge on any atom is -0.497 e. The number of anilines is 1. The lowest BCUT2D eigenvalue weighted by Crippen LogP contribution is -2.40. The maximum Gasteiger partial charge on any atom is 0.269 e. The molecule has 29 heavy (non-hydrogen) atoms. The van der Waals surface area contributed by atoms with E-state index in [1.165, 1.54) is 18.2 Å². The van der Waals surface area contributed by atoms with Gasteiger partial charge in [-0.1, -0.05) is 19.3 Å². The first-order valence-corrected chi connectivity index (χ1v) is 11.0. The van der Waals surface area contributed by atoms with E-state index in [0.29, 0.717) is 24.3 Å². The number of sulfonamides is 1. The van der Waals surface area contributed by atoms with Gasteiger partial charge in [-0.05, 0) is 55.3 Å². The minimum absolute atomic E-state index is 0.0875. The van der Waals surface area contributed by atoms with Crippen LogP contribution in [0.15, 0.2) is 47.4 Å². The van der Waals surface area contributed by atoms with Crippen molar-refractivity contribution in [3.63, 3.8) is 0 Å². The van der Waals surface area contributed by atoms with Crippen LogP contribution in [0.2, 0.25) is 0 Å². The van der Waals surface area contributed by atoms with E-state index in [9.17, 15) is 18.0 Å². The lowest BCUT2D eigenvalue weighted by Gasteiger charge is -2.29. The first-order chi connectivity index (χ1) is 13.9. The van der Waals surface area contributed by atoms with Crippen LogP contribution in [0.5, 0.6) is 5.75 Å². The molecule has 1 aliphatic heterocycles. The zero-order valence-electron chi connectivity index (χ0n) is 16.1. The number of hydrogen-bond donors (Lipinski definition) is 1. The van der Waals surface area contributed by atoms with Gasteiger partial charge in [0.1, 0.15) is 10.6 Å². The fraction of sp³-hybridized carbons (Fsp3) is 0.333. The van der Waals surface area contributed by atoms with Gasteiger partial charge in [0, 0.05) is 17.3 Å². The van der Waals surface area contributed by atoms with Gasteiger partial charge in [-0.3, -0.25) is 9.59 Å². The largest absolute Gasteiger partial charge is 0.497 e. The number of hydrogen-bond acceptors (Lipinski definition) is 5. The summed E-state index contributed by atoms with van der Waals surface area (Å²) in [4.78, 5) is 25.3. The summed E-state index contributed by atoms with van der Waals surface area (Å²) in [7, 11) is -2.39. The summed E-state index contributed by atoms with van der Waals surface area (Å²) < 4.78 is 32.2. The van der Waals surface area contributed by atoms with Crippen molar-refractivity contribution in [3.05, 3.63) is 53.6 Å². The molecule has 8 heteroatoms. The molecule has 0 spiro atoms. The summed E-state index contributed by atoms with van der Waals surface area (Å²) >= 11 is 0. The van der Waals surface area contributed by atoms with Crippen molar-refractivity contribution in [1.82, 2.24) is 4.31 Å². The van der Waals surface area contributed by atoms with E-state index >= 15 is 0 Å². The van der Waals surface area contributed by atoms with Crippen LogP contribution < -0.4 is 10.1 Å². The Hall–Kier alpha value is -2.87. The number of amides is 2. The minimum atomic E-state index is -3.95. The Kier molecular flexibility index (Phi) is 5.04. The molecule has 2 aliphatic rings. The number of benzene rings is 2. The Morgan fingerprint density at radius 3 is 2.41 bits per heavy atom. The molecule has 2 aromatic carbocycles. The highest BCUT2D eigenvalue weighted by Crippen LogP contribution is 2.36. The van der Waals surface area contributed by atoms with Crippen LogP contribution in [0.25, 0.3) is 0 Å². The van der Waals surface area contributed by atoms with Gasteiger partial charge in [0.25, 0.3) is 21.8 Å². The Morgan fingerprint density at radius 2 is 1.76 bits per heavy atom. The molecule has 1 N–H and O–H groups in total. The van der Waals surface area contributed by atoms with E-state index in [2.05, 4.69) is 5.32 Å². The Labute approximate surface area is 169 Å². The molecule has 152 valence electrons. The summed E-state index contributed by atoms with van der Waals surface area (Å²) in [5.41, 5.74) is 0.872. The molecule has 1 fully saturated rings. The van der Waals surface area contributed by atoms with Crippen molar-refractivity contribution in [3.8, 4) is 5.75 Å². The van der Waals surface area contributed by atoms with Gasteiger partial charge in [-0.25, -0.2) is 12.7 Å². The van der Waals surface area contributed by atoms with Gasteiger partial charge in [0.2, 0.25) is 0 Å². The molecule has 2 amide bonds. The molecule has 1 saturated carbocycles. The number of carbonyl (C=O) groups excluding carboxylic acids is 2. The summed E-state index contributed by atoms with van der Waals surface area (Å²) in [6, 6.07) is 10.7. The number of methoxy groups -OCH3 is 1.